The lowest BCUT2D eigenvalue weighted by atomic mass is 9.73. The Kier molecular flexibility index (Phi) is 8.93. The Morgan fingerprint density at radius 3 is 1.82 bits per heavy atom. The average Bonchev–Trinajstić information content (AvgIpc) is 3.12. The van der Waals surface area contributed by atoms with Crippen LogP contribution in [0.15, 0.2) is 149 Å². The normalized spacial score (nSPS) is 19.6. The maximum atomic E-state index is 14.0. The number of carbonyl (C=O) groups excluding carboxylic acids is 1. The maximum Gasteiger partial charge on any atom is 0.289 e. The second kappa shape index (κ2) is 13.3. The minimum Gasteiger partial charge on any atom is -0.359 e. The first-order valence-electron chi connectivity index (χ1n) is 15.8. The lowest BCUT2D eigenvalue weighted by Crippen LogP contribution is -2.73. The van der Waals surface area contributed by atoms with Crippen molar-refractivity contribution in [2.75, 3.05) is 19.7 Å². The van der Waals surface area contributed by atoms with Gasteiger partial charge in [-0.1, -0.05) is 131 Å². The molecule has 5 aromatic rings. The molecule has 0 bridgehead atoms. The number of hydrogen-bond acceptors (Lipinski definition) is 6. The monoisotopic (exact) mass is 737 g/mol. The molecule has 49 heavy (non-hydrogen) atoms. The lowest BCUT2D eigenvalue weighted by Gasteiger charge is -2.59. The highest BCUT2D eigenvalue weighted by Crippen LogP contribution is 2.47. The summed E-state index contributed by atoms with van der Waals surface area (Å²) < 4.78 is 36.8. The van der Waals surface area contributed by atoms with Gasteiger partial charge in [-0.3, -0.25) is 14.9 Å². The summed E-state index contributed by atoms with van der Waals surface area (Å²) in [6, 6.07) is 42.0. The molecule has 2 saturated heterocycles. The van der Waals surface area contributed by atoms with Crippen molar-refractivity contribution in [1.29, 1.82) is 0 Å². The molecule has 2 aliphatic heterocycles. The van der Waals surface area contributed by atoms with Crippen molar-refractivity contribution < 1.29 is 22.9 Å². The first-order valence-corrected chi connectivity index (χ1v) is 18.1. The molecule has 248 valence electrons. The van der Waals surface area contributed by atoms with Crippen LogP contribution >= 0.6 is 15.9 Å². The number of nitro benzene ring substituents is 1. The van der Waals surface area contributed by atoms with Crippen LogP contribution in [0.3, 0.4) is 0 Å². The second-order valence-electron chi connectivity index (χ2n) is 12.1. The molecule has 9 nitrogen and oxygen atoms in total. The van der Waals surface area contributed by atoms with E-state index in [4.69, 9.17) is 4.74 Å². The highest BCUT2D eigenvalue weighted by Gasteiger charge is 2.57. The lowest BCUT2D eigenvalue weighted by molar-refractivity contribution is -0.387. The van der Waals surface area contributed by atoms with E-state index in [0.717, 1.165) is 37.1 Å². The first-order chi connectivity index (χ1) is 23.7. The summed E-state index contributed by atoms with van der Waals surface area (Å²) in [7, 11) is -4.36. The van der Waals surface area contributed by atoms with E-state index in [2.05, 4.69) is 15.9 Å². The Bertz CT molecular complexity index is 1990. The quantitative estimate of drug-likeness (QED) is 0.0893. The highest BCUT2D eigenvalue weighted by molar-refractivity contribution is 9.10. The third-order valence-corrected chi connectivity index (χ3v) is 11.9. The van der Waals surface area contributed by atoms with Crippen LogP contribution in [0.5, 0.6) is 0 Å². The Labute approximate surface area is 293 Å². The standard InChI is InChI=1S/C38H32BrN3O6S/c39-31-22-20-27(21-23-31)37-33-24-40(49(46,47)35-19-11-10-18-32(35)42(44)45)25-36(43)41(33)34(37)26-48-38(28-12-4-1-5-13-28,29-14-6-2-7-15-29)30-16-8-3-9-17-30/h1-23,33-34,37H,24-26H2/t33-,34-,37-/m1/s1. The molecular formula is C38H32BrN3O6S. The molecule has 2 heterocycles. The van der Waals surface area contributed by atoms with Crippen LogP contribution in [0.1, 0.15) is 28.2 Å². The molecule has 0 unspecified atom stereocenters. The molecule has 0 N–H and O–H groups in total. The van der Waals surface area contributed by atoms with E-state index in [1.54, 1.807) is 4.90 Å². The number of para-hydroxylation sites is 1. The molecule has 5 aromatic carbocycles. The largest absolute Gasteiger partial charge is 0.359 e. The van der Waals surface area contributed by atoms with Gasteiger partial charge in [0.15, 0.2) is 4.90 Å². The Morgan fingerprint density at radius 1 is 0.776 bits per heavy atom. The maximum absolute atomic E-state index is 14.0. The van der Waals surface area contributed by atoms with Gasteiger partial charge in [0.2, 0.25) is 15.9 Å². The van der Waals surface area contributed by atoms with Gasteiger partial charge in [0, 0.05) is 23.0 Å². The van der Waals surface area contributed by atoms with Gasteiger partial charge < -0.3 is 9.64 Å². The number of fused-ring (bicyclic) bond motifs is 1. The van der Waals surface area contributed by atoms with E-state index in [0.29, 0.717) is 0 Å². The zero-order valence-corrected chi connectivity index (χ0v) is 28.6. The van der Waals surface area contributed by atoms with Crippen molar-refractivity contribution in [3.63, 3.8) is 0 Å². The zero-order valence-electron chi connectivity index (χ0n) is 26.2. The van der Waals surface area contributed by atoms with Crippen LogP contribution in [-0.2, 0) is 25.2 Å². The van der Waals surface area contributed by atoms with Crippen molar-refractivity contribution in [3.8, 4) is 0 Å². The van der Waals surface area contributed by atoms with Crippen LogP contribution in [-0.4, -0.2) is 60.2 Å². The molecule has 0 aliphatic carbocycles. The number of halogens is 1. The van der Waals surface area contributed by atoms with E-state index in [1.807, 2.05) is 115 Å². The fourth-order valence-corrected chi connectivity index (χ4v) is 9.09. The van der Waals surface area contributed by atoms with Gasteiger partial charge in [-0.05, 0) is 40.5 Å². The predicted octanol–water partition coefficient (Wildman–Crippen LogP) is 6.73. The Balaban J connectivity index is 1.27. The zero-order chi connectivity index (χ0) is 34.2. The van der Waals surface area contributed by atoms with Gasteiger partial charge in [-0.15, -0.1) is 0 Å². The summed E-state index contributed by atoms with van der Waals surface area (Å²) in [4.78, 5) is 26.3. The predicted molar refractivity (Wildman–Crippen MR) is 188 cm³/mol. The van der Waals surface area contributed by atoms with Crippen LogP contribution in [0.25, 0.3) is 0 Å². The van der Waals surface area contributed by atoms with Gasteiger partial charge in [0.1, 0.15) is 5.60 Å². The third kappa shape index (κ3) is 5.86. The fourth-order valence-electron chi connectivity index (χ4n) is 7.26. The summed E-state index contributed by atoms with van der Waals surface area (Å²) >= 11 is 3.51. The van der Waals surface area contributed by atoms with Gasteiger partial charge in [0.05, 0.1) is 30.2 Å². The van der Waals surface area contributed by atoms with Crippen molar-refractivity contribution in [1.82, 2.24) is 9.21 Å². The SMILES string of the molecule is O=C1CN(S(=O)(=O)c2ccccc2[N+](=O)[O-])C[C@@H]2[C@@H](c3ccc(Br)cc3)[C@@H](COC(c3ccccc3)(c3ccccc3)c3ccccc3)N12. The summed E-state index contributed by atoms with van der Waals surface area (Å²) in [6.07, 6.45) is 0. The average molecular weight is 739 g/mol. The number of carbonyl (C=O) groups is 1. The van der Waals surface area contributed by atoms with Crippen molar-refractivity contribution in [2.45, 2.75) is 28.5 Å². The number of benzene rings is 5. The molecule has 2 aliphatic rings. The summed E-state index contributed by atoms with van der Waals surface area (Å²) in [5.74, 6) is -0.661. The van der Waals surface area contributed by atoms with Crippen molar-refractivity contribution in [2.24, 2.45) is 0 Å². The van der Waals surface area contributed by atoms with Crippen LogP contribution in [0.2, 0.25) is 0 Å². The number of amides is 1. The minimum absolute atomic E-state index is 0.0153. The molecule has 7 rings (SSSR count). The topological polar surface area (TPSA) is 110 Å². The van der Waals surface area contributed by atoms with Crippen LogP contribution in [0, 0.1) is 10.1 Å². The Morgan fingerprint density at radius 2 is 1.29 bits per heavy atom. The number of sulfonamides is 1. The van der Waals surface area contributed by atoms with Crippen molar-refractivity contribution in [3.05, 3.63) is 176 Å². The smallest absolute Gasteiger partial charge is 0.289 e. The van der Waals surface area contributed by atoms with E-state index >= 15 is 0 Å². The number of piperazine rings is 1. The van der Waals surface area contributed by atoms with Crippen LogP contribution < -0.4 is 0 Å². The van der Waals surface area contributed by atoms with Gasteiger partial charge in [-0.2, -0.15) is 4.31 Å². The number of nitrogens with zero attached hydrogens (tertiary/aromatic N) is 3. The van der Waals surface area contributed by atoms with E-state index in [9.17, 15) is 23.3 Å². The van der Waals surface area contributed by atoms with Gasteiger partial charge >= 0.3 is 0 Å². The number of nitro groups is 1. The summed E-state index contributed by atoms with van der Waals surface area (Å²) in [5.41, 5.74) is 2.17. The molecule has 0 aromatic heterocycles. The summed E-state index contributed by atoms with van der Waals surface area (Å²) in [6.45, 7) is -0.299. The fraction of sp³-hybridized carbons (Fsp3) is 0.184. The van der Waals surface area contributed by atoms with Crippen molar-refractivity contribution >= 4 is 37.5 Å². The molecule has 11 heteroatoms. The Hall–Kier alpha value is -4.68. The minimum atomic E-state index is -4.36. The van der Waals surface area contributed by atoms with E-state index in [-0.39, 0.29) is 25.0 Å². The van der Waals surface area contributed by atoms with Gasteiger partial charge in [0.25, 0.3) is 5.69 Å². The number of rotatable bonds is 10. The van der Waals surface area contributed by atoms with Crippen LogP contribution in [0.4, 0.5) is 5.69 Å². The molecular weight excluding hydrogens is 706 g/mol. The third-order valence-electron chi connectivity index (χ3n) is 9.48. The van der Waals surface area contributed by atoms with E-state index < -0.39 is 49.8 Å². The molecule has 1 amide bonds. The summed E-state index contributed by atoms with van der Waals surface area (Å²) in [5, 5.41) is 11.7. The molecule has 3 atom stereocenters. The number of ether oxygens (including phenoxy) is 1. The highest BCUT2D eigenvalue weighted by atomic mass is 79.9. The molecule has 0 radical (unpaired) electrons. The van der Waals surface area contributed by atoms with E-state index in [1.165, 1.54) is 18.2 Å². The van der Waals surface area contributed by atoms with Gasteiger partial charge in [-0.25, -0.2) is 8.42 Å². The first kappa shape index (κ1) is 32.8. The molecule has 2 fully saturated rings. The molecule has 0 spiro atoms. The number of hydrogen-bond donors (Lipinski definition) is 0. The molecule has 0 saturated carbocycles. The second-order valence-corrected chi connectivity index (χ2v) is 14.9.